The first-order valence-electron chi connectivity index (χ1n) is 13.0. The molecule has 0 saturated heterocycles. The minimum atomic E-state index is -0.650. The predicted octanol–water partition coefficient (Wildman–Crippen LogP) is 9.45. The number of aliphatic carboxylic acids is 1. The fourth-order valence-electron chi connectivity index (χ4n) is 4.06. The summed E-state index contributed by atoms with van der Waals surface area (Å²) in [7, 11) is 0. The number of hydrogen-bond acceptors (Lipinski definition) is 1. The molecular weight excluding hydrogens is 344 g/mol. The molecule has 0 fully saturated rings. The summed E-state index contributed by atoms with van der Waals surface area (Å²) in [5.41, 5.74) is 0. The van der Waals surface area contributed by atoms with Crippen molar-refractivity contribution in [1.82, 2.24) is 0 Å². The third-order valence-corrected chi connectivity index (χ3v) is 5.99. The van der Waals surface area contributed by atoms with Gasteiger partial charge >= 0.3 is 5.97 Å². The second-order valence-electron chi connectivity index (χ2n) is 8.92. The minimum absolute atomic E-state index is 0.346. The molecule has 1 N–H and O–H groups in total. The first kappa shape index (κ1) is 27.5. The molecule has 168 valence electrons. The van der Waals surface area contributed by atoms with Gasteiger partial charge in [-0.15, -0.1) is 0 Å². The highest BCUT2D eigenvalue weighted by Crippen LogP contribution is 2.15. The van der Waals surface area contributed by atoms with Crippen LogP contribution in [0.1, 0.15) is 161 Å². The SMILES string of the molecule is CCCCCCCCCCCCCCCCCCCCCCCCCC(=O)O. The molecule has 0 aliphatic carbocycles. The molecular formula is C26H52O2. The van der Waals surface area contributed by atoms with Crippen LogP contribution in [0.4, 0.5) is 0 Å². The average molecular weight is 397 g/mol. The van der Waals surface area contributed by atoms with Gasteiger partial charge < -0.3 is 5.11 Å². The van der Waals surface area contributed by atoms with Gasteiger partial charge in [0.05, 0.1) is 0 Å². The molecule has 2 heteroatoms. The summed E-state index contributed by atoms with van der Waals surface area (Å²) >= 11 is 0. The zero-order chi connectivity index (χ0) is 20.5. The molecule has 0 bridgehead atoms. The smallest absolute Gasteiger partial charge is 0.303 e. The highest BCUT2D eigenvalue weighted by molar-refractivity contribution is 5.66. The molecule has 2 nitrogen and oxygen atoms in total. The Morgan fingerprint density at radius 2 is 0.643 bits per heavy atom. The van der Waals surface area contributed by atoms with E-state index in [-0.39, 0.29) is 0 Å². The van der Waals surface area contributed by atoms with Crippen molar-refractivity contribution < 1.29 is 9.90 Å². The number of rotatable bonds is 24. The Bertz CT molecular complexity index is 301. The monoisotopic (exact) mass is 396 g/mol. The average Bonchev–Trinajstić information content (AvgIpc) is 2.68. The minimum Gasteiger partial charge on any atom is -0.481 e. The molecule has 0 aliphatic heterocycles. The summed E-state index contributed by atoms with van der Waals surface area (Å²) in [5, 5.41) is 8.59. The Kier molecular flexibility index (Phi) is 24.0. The number of carboxylic acids is 1. The second kappa shape index (κ2) is 24.5. The Labute approximate surface area is 177 Å². The lowest BCUT2D eigenvalue weighted by Gasteiger charge is -2.04. The van der Waals surface area contributed by atoms with Gasteiger partial charge in [0.1, 0.15) is 0 Å². The van der Waals surface area contributed by atoms with Gasteiger partial charge in [-0.05, 0) is 6.42 Å². The first-order valence-corrected chi connectivity index (χ1v) is 13.0. The summed E-state index contributed by atoms with van der Waals surface area (Å²) in [5.74, 6) is -0.650. The summed E-state index contributed by atoms with van der Waals surface area (Å²) in [6, 6.07) is 0. The van der Waals surface area contributed by atoms with E-state index in [0.717, 1.165) is 12.8 Å². The van der Waals surface area contributed by atoms with Crippen molar-refractivity contribution in [3.05, 3.63) is 0 Å². The number of unbranched alkanes of at least 4 members (excludes halogenated alkanes) is 22. The van der Waals surface area contributed by atoms with Crippen molar-refractivity contribution in [1.29, 1.82) is 0 Å². The predicted molar refractivity (Wildman–Crippen MR) is 124 cm³/mol. The molecule has 0 aromatic heterocycles. The maximum atomic E-state index is 10.4. The lowest BCUT2D eigenvalue weighted by Crippen LogP contribution is -1.93. The third kappa shape index (κ3) is 25.5. The normalized spacial score (nSPS) is 11.2. The van der Waals surface area contributed by atoms with E-state index in [2.05, 4.69) is 6.92 Å². The molecule has 0 radical (unpaired) electrons. The van der Waals surface area contributed by atoms with E-state index in [0.29, 0.717) is 6.42 Å². The van der Waals surface area contributed by atoms with E-state index in [1.807, 2.05) is 0 Å². The maximum absolute atomic E-state index is 10.4. The van der Waals surface area contributed by atoms with Crippen LogP contribution in [0.15, 0.2) is 0 Å². The molecule has 0 atom stereocenters. The van der Waals surface area contributed by atoms with Gasteiger partial charge in [-0.2, -0.15) is 0 Å². The Morgan fingerprint density at radius 1 is 0.429 bits per heavy atom. The molecule has 28 heavy (non-hydrogen) atoms. The van der Waals surface area contributed by atoms with Crippen LogP contribution in [-0.4, -0.2) is 11.1 Å². The molecule has 0 aliphatic rings. The fourth-order valence-corrected chi connectivity index (χ4v) is 4.06. The molecule has 0 rings (SSSR count). The zero-order valence-corrected chi connectivity index (χ0v) is 19.3. The van der Waals surface area contributed by atoms with Crippen LogP contribution in [0.3, 0.4) is 0 Å². The molecule has 0 amide bonds. The van der Waals surface area contributed by atoms with Crippen molar-refractivity contribution >= 4 is 5.97 Å². The van der Waals surface area contributed by atoms with Gasteiger partial charge in [-0.25, -0.2) is 0 Å². The summed E-state index contributed by atoms with van der Waals surface area (Å²) in [4.78, 5) is 10.4. The standard InChI is InChI=1S/C26H52O2/c1-2-3-4-5-6-7-8-9-10-11-12-13-14-15-16-17-18-19-20-21-22-23-24-25-26(27)28/h2-25H2,1H3,(H,27,28). The lowest BCUT2D eigenvalue weighted by atomic mass is 10.0. The largest absolute Gasteiger partial charge is 0.481 e. The van der Waals surface area contributed by atoms with Crippen LogP contribution in [0.25, 0.3) is 0 Å². The topological polar surface area (TPSA) is 37.3 Å². The van der Waals surface area contributed by atoms with Crippen LogP contribution in [0, 0.1) is 0 Å². The number of hydrogen-bond donors (Lipinski definition) is 1. The second-order valence-corrected chi connectivity index (χ2v) is 8.92. The Hall–Kier alpha value is -0.530. The van der Waals surface area contributed by atoms with E-state index in [1.54, 1.807) is 0 Å². The van der Waals surface area contributed by atoms with Crippen LogP contribution < -0.4 is 0 Å². The Morgan fingerprint density at radius 3 is 0.857 bits per heavy atom. The van der Waals surface area contributed by atoms with Crippen LogP contribution in [0.5, 0.6) is 0 Å². The van der Waals surface area contributed by atoms with E-state index >= 15 is 0 Å². The molecule has 0 aromatic rings. The Balaban J connectivity index is 2.99. The summed E-state index contributed by atoms with van der Waals surface area (Å²) < 4.78 is 0. The third-order valence-electron chi connectivity index (χ3n) is 5.99. The van der Waals surface area contributed by atoms with Crippen LogP contribution in [0.2, 0.25) is 0 Å². The van der Waals surface area contributed by atoms with Gasteiger partial charge in [-0.1, -0.05) is 148 Å². The van der Waals surface area contributed by atoms with E-state index in [4.69, 9.17) is 5.11 Å². The molecule has 0 spiro atoms. The quantitative estimate of drug-likeness (QED) is 0.165. The van der Waals surface area contributed by atoms with Crippen molar-refractivity contribution in [2.45, 2.75) is 161 Å². The highest BCUT2D eigenvalue weighted by atomic mass is 16.4. The molecule has 0 saturated carbocycles. The van der Waals surface area contributed by atoms with Gasteiger partial charge in [0.2, 0.25) is 0 Å². The zero-order valence-electron chi connectivity index (χ0n) is 19.3. The van der Waals surface area contributed by atoms with Crippen LogP contribution in [-0.2, 0) is 4.79 Å². The number of carboxylic acid groups (broad SMARTS) is 1. The van der Waals surface area contributed by atoms with Crippen molar-refractivity contribution in [2.75, 3.05) is 0 Å². The van der Waals surface area contributed by atoms with Crippen molar-refractivity contribution in [3.8, 4) is 0 Å². The van der Waals surface area contributed by atoms with Gasteiger partial charge in [0.25, 0.3) is 0 Å². The molecule has 0 unspecified atom stereocenters. The maximum Gasteiger partial charge on any atom is 0.303 e. The van der Waals surface area contributed by atoms with E-state index in [9.17, 15) is 4.79 Å². The first-order chi connectivity index (χ1) is 13.8. The molecule has 0 aromatic carbocycles. The fraction of sp³-hybridized carbons (Fsp3) is 0.962. The molecule has 0 heterocycles. The summed E-state index contributed by atoms with van der Waals surface area (Å²) in [6.45, 7) is 2.29. The van der Waals surface area contributed by atoms with Gasteiger partial charge in [-0.3, -0.25) is 4.79 Å². The lowest BCUT2D eigenvalue weighted by molar-refractivity contribution is -0.137. The van der Waals surface area contributed by atoms with E-state index < -0.39 is 5.97 Å². The van der Waals surface area contributed by atoms with E-state index in [1.165, 1.54) is 135 Å². The number of carbonyl (C=O) groups is 1. The van der Waals surface area contributed by atoms with Gasteiger partial charge in [0, 0.05) is 6.42 Å². The highest BCUT2D eigenvalue weighted by Gasteiger charge is 1.97. The summed E-state index contributed by atoms with van der Waals surface area (Å²) in [6.07, 6.45) is 32.0. The van der Waals surface area contributed by atoms with Crippen molar-refractivity contribution in [2.24, 2.45) is 0 Å². The van der Waals surface area contributed by atoms with Crippen LogP contribution >= 0.6 is 0 Å². The van der Waals surface area contributed by atoms with Gasteiger partial charge in [0.15, 0.2) is 0 Å². The van der Waals surface area contributed by atoms with Crippen molar-refractivity contribution in [3.63, 3.8) is 0 Å².